The SMILES string of the molecule is c1ccc(C2(c3ccc4c(c3)[nH]c3cc(C5(c6ccccc6)c6ccccc6-c6ccccc65)ccc34)c3ccccc3-c3ccccc32)cc1. The van der Waals surface area contributed by atoms with Gasteiger partial charge in [-0.05, 0) is 78.9 Å². The molecule has 0 aliphatic heterocycles. The minimum absolute atomic E-state index is 0.431. The third-order valence-corrected chi connectivity index (χ3v) is 11.8. The molecule has 1 nitrogen and oxygen atoms in total. The molecule has 11 rings (SSSR count). The Kier molecular flexibility index (Phi) is 5.86. The molecule has 0 saturated carbocycles. The molecule has 0 spiro atoms. The molecule has 0 saturated heterocycles. The average Bonchev–Trinajstić information content (AvgIpc) is 3.83. The van der Waals surface area contributed by atoms with Crippen LogP contribution >= 0.6 is 0 Å². The van der Waals surface area contributed by atoms with Gasteiger partial charge in [0.05, 0.1) is 10.8 Å². The van der Waals surface area contributed by atoms with Gasteiger partial charge in [-0.15, -0.1) is 0 Å². The maximum atomic E-state index is 3.94. The fraction of sp³-hybridized carbons (Fsp3) is 0.0400. The number of benzene rings is 8. The molecular formula is C50H33N. The topological polar surface area (TPSA) is 15.8 Å². The van der Waals surface area contributed by atoms with Crippen molar-refractivity contribution < 1.29 is 0 Å². The van der Waals surface area contributed by atoms with E-state index in [4.69, 9.17) is 0 Å². The van der Waals surface area contributed by atoms with Crippen LogP contribution in [-0.2, 0) is 10.8 Å². The summed E-state index contributed by atoms with van der Waals surface area (Å²) in [4.78, 5) is 3.94. The van der Waals surface area contributed by atoms with Gasteiger partial charge in [0.2, 0.25) is 0 Å². The Balaban J connectivity index is 1.16. The second-order valence-corrected chi connectivity index (χ2v) is 14.1. The Labute approximate surface area is 297 Å². The van der Waals surface area contributed by atoms with E-state index in [1.165, 1.54) is 77.5 Å². The highest BCUT2D eigenvalue weighted by atomic mass is 14.7. The summed E-state index contributed by atoms with van der Waals surface area (Å²) in [5, 5.41) is 2.48. The van der Waals surface area contributed by atoms with Crippen LogP contribution in [0.3, 0.4) is 0 Å². The Morgan fingerprint density at radius 3 is 0.941 bits per heavy atom. The Morgan fingerprint density at radius 2 is 0.588 bits per heavy atom. The highest BCUT2D eigenvalue weighted by Crippen LogP contribution is 2.58. The molecule has 8 aromatic carbocycles. The van der Waals surface area contributed by atoms with Crippen LogP contribution in [-0.4, -0.2) is 4.98 Å². The quantitative estimate of drug-likeness (QED) is 0.196. The zero-order valence-corrected chi connectivity index (χ0v) is 28.0. The van der Waals surface area contributed by atoms with Crippen LogP contribution in [0.25, 0.3) is 44.1 Å². The van der Waals surface area contributed by atoms with E-state index < -0.39 is 10.8 Å². The van der Waals surface area contributed by atoms with Gasteiger partial charge >= 0.3 is 0 Å². The molecule has 0 atom stereocenters. The minimum Gasteiger partial charge on any atom is -0.354 e. The molecule has 238 valence electrons. The van der Waals surface area contributed by atoms with Crippen molar-refractivity contribution in [2.24, 2.45) is 0 Å². The number of nitrogens with one attached hydrogen (secondary N) is 1. The van der Waals surface area contributed by atoms with E-state index in [0.29, 0.717) is 0 Å². The number of hydrogen-bond donors (Lipinski definition) is 1. The van der Waals surface area contributed by atoms with E-state index in [2.05, 4.69) is 199 Å². The van der Waals surface area contributed by atoms with E-state index in [1.807, 2.05) is 0 Å². The predicted molar refractivity (Wildman–Crippen MR) is 210 cm³/mol. The summed E-state index contributed by atoms with van der Waals surface area (Å²) in [5.74, 6) is 0. The number of aromatic nitrogens is 1. The molecule has 0 radical (unpaired) electrons. The molecule has 9 aromatic rings. The zero-order chi connectivity index (χ0) is 33.6. The van der Waals surface area contributed by atoms with Gasteiger partial charge in [-0.2, -0.15) is 0 Å². The Morgan fingerprint density at radius 1 is 0.275 bits per heavy atom. The highest BCUT2D eigenvalue weighted by molar-refractivity contribution is 6.08. The summed E-state index contributed by atoms with van der Waals surface area (Å²) in [6.45, 7) is 0. The molecule has 2 aliphatic rings. The third kappa shape index (κ3) is 3.65. The monoisotopic (exact) mass is 647 g/mol. The van der Waals surface area contributed by atoms with Gasteiger partial charge in [0, 0.05) is 21.8 Å². The fourth-order valence-electron chi connectivity index (χ4n) is 9.80. The third-order valence-electron chi connectivity index (χ3n) is 11.8. The van der Waals surface area contributed by atoms with Crippen LogP contribution in [0.15, 0.2) is 194 Å². The van der Waals surface area contributed by atoms with Crippen molar-refractivity contribution in [3.05, 3.63) is 239 Å². The lowest BCUT2D eigenvalue weighted by molar-refractivity contribution is 0.769. The summed E-state index contributed by atoms with van der Waals surface area (Å²) in [5.41, 5.74) is 17.1. The maximum Gasteiger partial charge on any atom is 0.0714 e. The van der Waals surface area contributed by atoms with Crippen LogP contribution in [0, 0.1) is 0 Å². The van der Waals surface area contributed by atoms with Crippen LogP contribution in [0.5, 0.6) is 0 Å². The van der Waals surface area contributed by atoms with Crippen LogP contribution in [0.2, 0.25) is 0 Å². The summed E-state index contributed by atoms with van der Waals surface area (Å²) < 4.78 is 0. The number of hydrogen-bond acceptors (Lipinski definition) is 0. The molecule has 51 heavy (non-hydrogen) atoms. The first-order chi connectivity index (χ1) is 25.3. The summed E-state index contributed by atoms with van der Waals surface area (Å²) >= 11 is 0. The largest absolute Gasteiger partial charge is 0.354 e. The van der Waals surface area contributed by atoms with E-state index in [9.17, 15) is 0 Å². The molecule has 0 unspecified atom stereocenters. The van der Waals surface area contributed by atoms with E-state index in [-0.39, 0.29) is 0 Å². The van der Waals surface area contributed by atoms with Crippen molar-refractivity contribution in [3.8, 4) is 22.3 Å². The van der Waals surface area contributed by atoms with Gasteiger partial charge in [0.15, 0.2) is 0 Å². The number of aromatic amines is 1. The first kappa shape index (κ1) is 28.4. The Hall–Kier alpha value is -6.44. The predicted octanol–water partition coefficient (Wildman–Crippen LogP) is 12.0. The van der Waals surface area contributed by atoms with Gasteiger partial charge in [0.1, 0.15) is 0 Å². The lowest BCUT2D eigenvalue weighted by Crippen LogP contribution is -2.28. The van der Waals surface area contributed by atoms with Gasteiger partial charge in [-0.1, -0.05) is 182 Å². The molecule has 1 heterocycles. The van der Waals surface area contributed by atoms with Crippen molar-refractivity contribution >= 4 is 21.8 Å². The Bertz CT molecular complexity index is 2520. The lowest BCUT2D eigenvalue weighted by atomic mass is 9.67. The summed E-state index contributed by atoms with van der Waals surface area (Å²) in [6, 6.07) is 72.2. The maximum absolute atomic E-state index is 3.94. The second kappa shape index (κ2) is 10.5. The molecule has 2 aliphatic carbocycles. The van der Waals surface area contributed by atoms with Crippen molar-refractivity contribution in [2.75, 3.05) is 0 Å². The fourth-order valence-corrected chi connectivity index (χ4v) is 9.80. The van der Waals surface area contributed by atoms with Gasteiger partial charge in [0.25, 0.3) is 0 Å². The lowest BCUT2D eigenvalue weighted by Gasteiger charge is -2.34. The molecule has 1 heteroatoms. The number of rotatable bonds is 4. The number of fused-ring (bicyclic) bond motifs is 9. The smallest absolute Gasteiger partial charge is 0.0714 e. The van der Waals surface area contributed by atoms with Crippen molar-refractivity contribution in [1.82, 2.24) is 4.98 Å². The van der Waals surface area contributed by atoms with Crippen molar-refractivity contribution in [1.29, 1.82) is 0 Å². The molecule has 0 bridgehead atoms. The highest BCUT2D eigenvalue weighted by Gasteiger charge is 2.47. The summed E-state index contributed by atoms with van der Waals surface area (Å²) in [7, 11) is 0. The van der Waals surface area contributed by atoms with Crippen molar-refractivity contribution in [3.63, 3.8) is 0 Å². The van der Waals surface area contributed by atoms with Crippen LogP contribution in [0.4, 0.5) is 0 Å². The van der Waals surface area contributed by atoms with Gasteiger partial charge in [-0.25, -0.2) is 0 Å². The second-order valence-electron chi connectivity index (χ2n) is 14.1. The first-order valence-corrected chi connectivity index (χ1v) is 17.9. The standard InChI is InChI=1S/C50H33N/c1-3-15-33(16-4-1)49(43-23-11-7-19-37(43)38-20-8-12-24-44(38)49)35-27-29-41-42-30-28-36(32-48(42)51-47(41)31-35)50(34-17-5-2-6-18-34)45-25-13-9-21-39(45)40-22-10-14-26-46(40)50/h1-32,51H. The number of H-pyrrole nitrogens is 1. The average molecular weight is 648 g/mol. The molecule has 1 aromatic heterocycles. The van der Waals surface area contributed by atoms with Gasteiger partial charge < -0.3 is 4.98 Å². The van der Waals surface area contributed by atoms with Crippen LogP contribution < -0.4 is 0 Å². The molecule has 1 N–H and O–H groups in total. The van der Waals surface area contributed by atoms with Crippen molar-refractivity contribution in [2.45, 2.75) is 10.8 Å². The van der Waals surface area contributed by atoms with E-state index in [1.54, 1.807) is 0 Å². The zero-order valence-electron chi connectivity index (χ0n) is 28.0. The van der Waals surface area contributed by atoms with Gasteiger partial charge in [-0.3, -0.25) is 0 Å². The normalized spacial score (nSPS) is 14.6. The summed E-state index contributed by atoms with van der Waals surface area (Å²) in [6.07, 6.45) is 0. The first-order valence-electron chi connectivity index (χ1n) is 17.9. The molecule has 0 amide bonds. The van der Waals surface area contributed by atoms with Crippen LogP contribution in [0.1, 0.15) is 44.5 Å². The van der Waals surface area contributed by atoms with E-state index in [0.717, 1.165) is 11.0 Å². The molecule has 0 fully saturated rings. The molecular weight excluding hydrogens is 615 g/mol. The van der Waals surface area contributed by atoms with E-state index >= 15 is 0 Å². The minimum atomic E-state index is -0.431.